The molecule has 0 aliphatic heterocycles. The first-order chi connectivity index (χ1) is 11.4. The molecule has 1 aromatic carbocycles. The monoisotopic (exact) mass is 329 g/mol. The van der Waals surface area contributed by atoms with Gasteiger partial charge in [-0.05, 0) is 31.2 Å². The number of hydrogen-bond acceptors (Lipinski definition) is 4. The summed E-state index contributed by atoms with van der Waals surface area (Å²) >= 11 is 0. The average Bonchev–Trinajstić information content (AvgIpc) is 2.55. The maximum atomic E-state index is 12.6. The molecule has 0 radical (unpaired) electrons. The van der Waals surface area contributed by atoms with E-state index in [9.17, 15) is 14.4 Å². The number of aliphatic carboxylic acids is 1. The largest absolute Gasteiger partial charge is 0.480 e. The van der Waals surface area contributed by atoms with Gasteiger partial charge >= 0.3 is 5.97 Å². The van der Waals surface area contributed by atoms with Crippen molar-refractivity contribution in [3.8, 4) is 0 Å². The van der Waals surface area contributed by atoms with Crippen molar-refractivity contribution in [3.63, 3.8) is 0 Å². The number of hydrogen-bond donors (Lipinski definition) is 1. The predicted molar refractivity (Wildman–Crippen MR) is 91.4 cm³/mol. The summed E-state index contributed by atoms with van der Waals surface area (Å²) in [6, 6.07) is 8.66. The lowest BCUT2D eigenvalue weighted by molar-refractivity contribution is -0.138. The van der Waals surface area contributed by atoms with Gasteiger partial charge in [0, 0.05) is 18.6 Å². The molecule has 1 N–H and O–H groups in total. The van der Waals surface area contributed by atoms with Crippen LogP contribution in [0.4, 0.5) is 0 Å². The quantitative estimate of drug-likeness (QED) is 0.813. The van der Waals surface area contributed by atoms with Gasteiger partial charge in [0.15, 0.2) is 0 Å². The molecule has 0 aromatic heterocycles. The normalized spacial score (nSPS) is 23.9. The maximum Gasteiger partial charge on any atom is 0.328 e. The Morgan fingerprint density at radius 1 is 1.25 bits per heavy atom. The Labute approximate surface area is 141 Å². The maximum absolute atomic E-state index is 12.6. The molecule has 3 atom stereocenters. The molecule has 5 heteroatoms. The molecule has 0 bridgehead atoms. The van der Waals surface area contributed by atoms with E-state index in [1.807, 2.05) is 37.3 Å². The van der Waals surface area contributed by atoms with Gasteiger partial charge in [0.05, 0.1) is 0 Å². The molecule has 1 saturated carbocycles. The standard InChI is InChI=1S/C19H23NO4/c1-3-7-16(21)18-15(20-12(2)19(23)24)10-14(11-17(18)22)13-8-5-4-6-9-13/h4-6,8-9,12,14,18H,3,7,10-11H2,1-2H3,(H,23,24)/t12-,14-,18+/m1/s1. The fourth-order valence-corrected chi connectivity index (χ4v) is 3.14. The Morgan fingerprint density at radius 3 is 2.50 bits per heavy atom. The van der Waals surface area contributed by atoms with E-state index in [1.54, 1.807) is 0 Å². The van der Waals surface area contributed by atoms with Crippen molar-refractivity contribution in [3.05, 3.63) is 35.9 Å². The van der Waals surface area contributed by atoms with Crippen molar-refractivity contribution in [2.45, 2.75) is 51.5 Å². The van der Waals surface area contributed by atoms with Gasteiger partial charge in [-0.1, -0.05) is 37.3 Å². The third kappa shape index (κ3) is 4.16. The summed E-state index contributed by atoms with van der Waals surface area (Å²) < 4.78 is 0. The van der Waals surface area contributed by atoms with E-state index in [0.717, 1.165) is 5.56 Å². The zero-order chi connectivity index (χ0) is 17.7. The molecule has 0 heterocycles. The number of aliphatic imine (C=N–C) groups is 1. The lowest BCUT2D eigenvalue weighted by Crippen LogP contribution is -2.39. The van der Waals surface area contributed by atoms with Crippen LogP contribution < -0.4 is 0 Å². The SMILES string of the molecule is CCCC(=O)[C@H]1C(=O)C[C@H](c2ccccc2)CC1=N[C@H](C)C(=O)O. The fraction of sp³-hybridized carbons (Fsp3) is 0.474. The molecule has 0 unspecified atom stereocenters. The second-order valence-electron chi connectivity index (χ2n) is 6.27. The van der Waals surface area contributed by atoms with Crippen LogP contribution >= 0.6 is 0 Å². The molecule has 128 valence electrons. The molecule has 2 rings (SSSR count). The number of nitrogens with zero attached hydrogens (tertiary/aromatic N) is 1. The zero-order valence-electron chi connectivity index (χ0n) is 14.1. The van der Waals surface area contributed by atoms with E-state index < -0.39 is 17.9 Å². The van der Waals surface area contributed by atoms with Crippen LogP contribution in [0, 0.1) is 5.92 Å². The summed E-state index contributed by atoms with van der Waals surface area (Å²) in [5.41, 5.74) is 1.44. The van der Waals surface area contributed by atoms with Gasteiger partial charge in [0.1, 0.15) is 23.5 Å². The molecule has 1 fully saturated rings. The summed E-state index contributed by atoms with van der Waals surface area (Å²) in [7, 11) is 0. The second kappa shape index (κ2) is 7.99. The minimum absolute atomic E-state index is 0.0517. The number of carbonyl (C=O) groups excluding carboxylic acids is 2. The Bertz CT molecular complexity index is 651. The topological polar surface area (TPSA) is 83.8 Å². The van der Waals surface area contributed by atoms with E-state index in [1.165, 1.54) is 6.92 Å². The first-order valence-electron chi connectivity index (χ1n) is 8.33. The molecule has 1 aromatic rings. The van der Waals surface area contributed by atoms with Crippen molar-refractivity contribution >= 4 is 23.2 Å². The minimum atomic E-state index is -1.06. The van der Waals surface area contributed by atoms with Gasteiger partial charge in [-0.3, -0.25) is 14.6 Å². The van der Waals surface area contributed by atoms with Crippen molar-refractivity contribution < 1.29 is 19.5 Å². The van der Waals surface area contributed by atoms with E-state index in [-0.39, 0.29) is 17.5 Å². The smallest absolute Gasteiger partial charge is 0.328 e. The van der Waals surface area contributed by atoms with Gasteiger partial charge in [-0.2, -0.15) is 0 Å². The predicted octanol–water partition coefficient (Wildman–Crippen LogP) is 3.03. The van der Waals surface area contributed by atoms with Crippen molar-refractivity contribution in [1.82, 2.24) is 0 Å². The molecule has 1 aliphatic rings. The number of carbonyl (C=O) groups is 3. The van der Waals surface area contributed by atoms with Gasteiger partial charge in [-0.25, -0.2) is 4.79 Å². The molecule has 0 amide bonds. The molecular weight excluding hydrogens is 306 g/mol. The number of Topliss-reactive ketones (excluding diaryl/α,β-unsaturated/α-hetero) is 2. The fourth-order valence-electron chi connectivity index (χ4n) is 3.14. The van der Waals surface area contributed by atoms with Crippen LogP contribution in [0.1, 0.15) is 51.0 Å². The van der Waals surface area contributed by atoms with Crippen molar-refractivity contribution in [2.75, 3.05) is 0 Å². The third-order valence-electron chi connectivity index (χ3n) is 4.36. The highest BCUT2D eigenvalue weighted by molar-refractivity contribution is 6.22. The summed E-state index contributed by atoms with van der Waals surface area (Å²) in [5.74, 6) is -2.27. The van der Waals surface area contributed by atoms with Crippen molar-refractivity contribution in [2.24, 2.45) is 10.9 Å². The number of benzene rings is 1. The van der Waals surface area contributed by atoms with Crippen molar-refractivity contribution in [1.29, 1.82) is 0 Å². The van der Waals surface area contributed by atoms with Crippen LogP contribution in [0.5, 0.6) is 0 Å². The first-order valence-corrected chi connectivity index (χ1v) is 8.33. The Hall–Kier alpha value is -2.30. The summed E-state index contributed by atoms with van der Waals surface area (Å²) in [6.45, 7) is 3.35. The highest BCUT2D eigenvalue weighted by atomic mass is 16.4. The number of rotatable bonds is 6. The van der Waals surface area contributed by atoms with E-state index >= 15 is 0 Å². The minimum Gasteiger partial charge on any atom is -0.480 e. The summed E-state index contributed by atoms with van der Waals surface area (Å²) in [5, 5.41) is 9.11. The van der Waals surface area contributed by atoms with E-state index in [2.05, 4.69) is 4.99 Å². The number of ketones is 2. The molecular formula is C19H23NO4. The third-order valence-corrected chi connectivity index (χ3v) is 4.36. The molecule has 0 spiro atoms. The Balaban J connectivity index is 2.34. The first kappa shape index (κ1) is 18.0. The van der Waals surface area contributed by atoms with Gasteiger partial charge in [0.2, 0.25) is 0 Å². The molecule has 5 nitrogen and oxygen atoms in total. The highest BCUT2D eigenvalue weighted by Crippen LogP contribution is 2.33. The van der Waals surface area contributed by atoms with E-state index in [0.29, 0.717) is 31.4 Å². The lowest BCUT2D eigenvalue weighted by Gasteiger charge is -2.29. The van der Waals surface area contributed by atoms with Gasteiger partial charge in [-0.15, -0.1) is 0 Å². The van der Waals surface area contributed by atoms with Crippen LogP contribution in [0.15, 0.2) is 35.3 Å². The zero-order valence-corrected chi connectivity index (χ0v) is 14.1. The number of carboxylic acid groups (broad SMARTS) is 1. The van der Waals surface area contributed by atoms with E-state index in [4.69, 9.17) is 5.11 Å². The molecule has 24 heavy (non-hydrogen) atoms. The van der Waals surface area contributed by atoms with Crippen LogP contribution in [0.2, 0.25) is 0 Å². The summed E-state index contributed by atoms with van der Waals surface area (Å²) in [4.78, 5) is 40.3. The lowest BCUT2D eigenvalue weighted by atomic mass is 9.74. The van der Waals surface area contributed by atoms with Gasteiger partial charge < -0.3 is 5.11 Å². The highest BCUT2D eigenvalue weighted by Gasteiger charge is 2.38. The van der Waals surface area contributed by atoms with Crippen LogP contribution in [0.3, 0.4) is 0 Å². The molecule has 1 aliphatic carbocycles. The Kier molecular flexibility index (Phi) is 6.01. The van der Waals surface area contributed by atoms with Gasteiger partial charge in [0.25, 0.3) is 0 Å². The Morgan fingerprint density at radius 2 is 1.92 bits per heavy atom. The van der Waals surface area contributed by atoms with Crippen LogP contribution in [-0.4, -0.2) is 34.4 Å². The number of carboxylic acids is 1. The average molecular weight is 329 g/mol. The summed E-state index contributed by atoms with van der Waals surface area (Å²) in [6.07, 6.45) is 1.72. The van der Waals surface area contributed by atoms with Crippen LogP contribution in [-0.2, 0) is 14.4 Å². The molecule has 0 saturated heterocycles. The second-order valence-corrected chi connectivity index (χ2v) is 6.27. The van der Waals surface area contributed by atoms with Crippen LogP contribution in [0.25, 0.3) is 0 Å².